The number of hydrogen-bond donors (Lipinski definition) is 1. The summed E-state index contributed by atoms with van der Waals surface area (Å²) in [6.07, 6.45) is 0.794. The Morgan fingerprint density at radius 1 is 1.29 bits per heavy atom. The zero-order valence-electron chi connectivity index (χ0n) is 14.3. The maximum absolute atomic E-state index is 12.7. The van der Waals surface area contributed by atoms with Crippen molar-refractivity contribution in [2.75, 3.05) is 26.9 Å². The molecule has 1 amide bonds. The van der Waals surface area contributed by atoms with Crippen LogP contribution in [-0.2, 0) is 4.74 Å². The molecule has 2 aromatic rings. The van der Waals surface area contributed by atoms with Gasteiger partial charge in [-0.1, -0.05) is 12.1 Å². The first kappa shape index (κ1) is 16.5. The zero-order chi connectivity index (χ0) is 17.1. The van der Waals surface area contributed by atoms with E-state index in [9.17, 15) is 4.79 Å². The molecule has 0 spiro atoms. The molecule has 0 saturated carbocycles. The van der Waals surface area contributed by atoms with Gasteiger partial charge < -0.3 is 14.4 Å². The molecular weight excluding hydrogens is 306 g/mol. The highest BCUT2D eigenvalue weighted by Crippen LogP contribution is 2.39. The van der Waals surface area contributed by atoms with Gasteiger partial charge in [-0.2, -0.15) is 5.10 Å². The van der Waals surface area contributed by atoms with Gasteiger partial charge in [0.15, 0.2) is 5.69 Å². The first-order valence-electron chi connectivity index (χ1n) is 8.24. The molecule has 0 fully saturated rings. The van der Waals surface area contributed by atoms with Gasteiger partial charge in [-0.25, -0.2) is 0 Å². The van der Waals surface area contributed by atoms with E-state index in [0.717, 1.165) is 29.0 Å². The Labute approximate surface area is 141 Å². The number of carbonyl (C=O) groups excluding carboxylic acids is 1. The molecule has 1 N–H and O–H groups in total. The normalized spacial score (nSPS) is 16.5. The average Bonchev–Trinajstić information content (AvgIpc) is 3.09. The molecule has 1 aromatic carbocycles. The van der Waals surface area contributed by atoms with Crippen molar-refractivity contribution in [3.05, 3.63) is 46.8 Å². The molecule has 0 aliphatic carbocycles. The van der Waals surface area contributed by atoms with Gasteiger partial charge in [-0.15, -0.1) is 0 Å². The molecule has 1 aliphatic rings. The highest BCUT2D eigenvalue weighted by Gasteiger charge is 2.40. The molecule has 1 unspecified atom stereocenters. The molecule has 6 nitrogen and oxygen atoms in total. The van der Waals surface area contributed by atoms with Gasteiger partial charge in [-0.05, 0) is 38.0 Å². The minimum atomic E-state index is -0.112. The van der Waals surface area contributed by atoms with Crippen molar-refractivity contribution < 1.29 is 14.3 Å². The van der Waals surface area contributed by atoms with Crippen molar-refractivity contribution in [1.29, 1.82) is 0 Å². The molecule has 1 aliphatic heterocycles. The summed E-state index contributed by atoms with van der Waals surface area (Å²) in [5.41, 5.74) is 3.50. The quantitative estimate of drug-likeness (QED) is 0.793. The van der Waals surface area contributed by atoms with Crippen LogP contribution in [0, 0.1) is 6.92 Å². The van der Waals surface area contributed by atoms with Gasteiger partial charge >= 0.3 is 0 Å². The predicted molar refractivity (Wildman–Crippen MR) is 90.3 cm³/mol. The van der Waals surface area contributed by atoms with Gasteiger partial charge in [0.05, 0.1) is 12.6 Å². The fraction of sp³-hybridized carbons (Fsp3) is 0.444. The Morgan fingerprint density at radius 3 is 2.71 bits per heavy atom. The van der Waals surface area contributed by atoms with Crippen molar-refractivity contribution in [1.82, 2.24) is 15.1 Å². The van der Waals surface area contributed by atoms with E-state index in [0.29, 0.717) is 25.5 Å². The molecule has 128 valence electrons. The van der Waals surface area contributed by atoms with E-state index in [2.05, 4.69) is 10.2 Å². The number of rotatable bonds is 7. The summed E-state index contributed by atoms with van der Waals surface area (Å²) in [6.45, 7) is 5.82. The molecule has 0 saturated heterocycles. The third-order valence-corrected chi connectivity index (χ3v) is 4.30. The van der Waals surface area contributed by atoms with Crippen LogP contribution in [0.4, 0.5) is 0 Å². The lowest BCUT2D eigenvalue weighted by atomic mass is 9.99. The predicted octanol–water partition coefficient (Wildman–Crippen LogP) is 2.70. The number of ether oxygens (including phenoxy) is 2. The van der Waals surface area contributed by atoms with E-state index in [4.69, 9.17) is 9.47 Å². The van der Waals surface area contributed by atoms with Crippen LogP contribution in [0.2, 0.25) is 0 Å². The van der Waals surface area contributed by atoms with E-state index >= 15 is 0 Å². The average molecular weight is 329 g/mol. The smallest absolute Gasteiger partial charge is 0.275 e. The molecule has 1 atom stereocenters. The maximum atomic E-state index is 12.7. The minimum absolute atomic E-state index is 0.0238. The molecule has 0 bridgehead atoms. The van der Waals surface area contributed by atoms with Crippen LogP contribution >= 0.6 is 0 Å². The molecule has 3 rings (SSSR count). The number of hydrogen-bond acceptors (Lipinski definition) is 4. The van der Waals surface area contributed by atoms with Crippen LogP contribution in [0.1, 0.15) is 46.7 Å². The van der Waals surface area contributed by atoms with E-state index in [1.165, 1.54) is 0 Å². The summed E-state index contributed by atoms with van der Waals surface area (Å²) in [5, 5.41) is 7.15. The fourth-order valence-corrected chi connectivity index (χ4v) is 3.21. The van der Waals surface area contributed by atoms with Gasteiger partial charge in [0.1, 0.15) is 5.75 Å². The number of fused-ring (bicyclic) bond motifs is 1. The molecular formula is C18H23N3O3. The van der Waals surface area contributed by atoms with Crippen LogP contribution in [0.15, 0.2) is 24.3 Å². The van der Waals surface area contributed by atoms with Crippen molar-refractivity contribution in [3.8, 4) is 5.75 Å². The lowest BCUT2D eigenvalue weighted by Gasteiger charge is -2.26. The molecule has 0 radical (unpaired) electrons. The summed E-state index contributed by atoms with van der Waals surface area (Å²) < 4.78 is 10.6. The van der Waals surface area contributed by atoms with Gasteiger partial charge in [0.25, 0.3) is 5.91 Å². The monoisotopic (exact) mass is 329 g/mol. The second kappa shape index (κ2) is 7.05. The van der Waals surface area contributed by atoms with Crippen LogP contribution in [0.3, 0.4) is 0 Å². The maximum Gasteiger partial charge on any atom is 0.275 e. The van der Waals surface area contributed by atoms with Crippen LogP contribution < -0.4 is 4.74 Å². The first-order valence-corrected chi connectivity index (χ1v) is 8.24. The lowest BCUT2D eigenvalue weighted by Crippen LogP contribution is -2.31. The largest absolute Gasteiger partial charge is 0.494 e. The second-order valence-electron chi connectivity index (χ2n) is 5.86. The Morgan fingerprint density at radius 2 is 2.04 bits per heavy atom. The SMILES string of the molecule is CCOc1ccc(C2c3c(n[nH]c3C)C(=O)N2CCCOC)cc1. The van der Waals surface area contributed by atoms with E-state index in [-0.39, 0.29) is 11.9 Å². The summed E-state index contributed by atoms with van der Waals surface area (Å²) >= 11 is 0. The van der Waals surface area contributed by atoms with Gasteiger partial charge in [-0.3, -0.25) is 9.89 Å². The second-order valence-corrected chi connectivity index (χ2v) is 5.86. The number of methoxy groups -OCH3 is 1. The fourth-order valence-electron chi connectivity index (χ4n) is 3.21. The summed E-state index contributed by atoms with van der Waals surface area (Å²) in [5.74, 6) is 0.810. The summed E-state index contributed by atoms with van der Waals surface area (Å²) in [7, 11) is 1.67. The van der Waals surface area contributed by atoms with Crippen LogP contribution in [-0.4, -0.2) is 47.9 Å². The minimum Gasteiger partial charge on any atom is -0.494 e. The number of carbonyl (C=O) groups is 1. The van der Waals surface area contributed by atoms with Crippen LogP contribution in [0.5, 0.6) is 5.75 Å². The van der Waals surface area contributed by atoms with E-state index in [1.807, 2.05) is 43.0 Å². The Kier molecular flexibility index (Phi) is 4.85. The van der Waals surface area contributed by atoms with Crippen molar-refractivity contribution >= 4 is 5.91 Å². The van der Waals surface area contributed by atoms with Gasteiger partial charge in [0.2, 0.25) is 0 Å². The number of nitrogens with one attached hydrogen (secondary N) is 1. The topological polar surface area (TPSA) is 67.5 Å². The molecule has 6 heteroatoms. The molecule has 2 heterocycles. The first-order chi connectivity index (χ1) is 11.7. The lowest BCUT2D eigenvalue weighted by molar-refractivity contribution is 0.0723. The number of aromatic amines is 1. The molecule has 24 heavy (non-hydrogen) atoms. The third-order valence-electron chi connectivity index (χ3n) is 4.30. The highest BCUT2D eigenvalue weighted by atomic mass is 16.5. The Balaban J connectivity index is 1.93. The highest BCUT2D eigenvalue weighted by molar-refractivity contribution is 5.98. The molecule has 1 aromatic heterocycles. The third kappa shape index (κ3) is 2.89. The Hall–Kier alpha value is -2.34. The van der Waals surface area contributed by atoms with Crippen molar-refractivity contribution in [2.24, 2.45) is 0 Å². The summed E-state index contributed by atoms with van der Waals surface area (Å²) in [4.78, 5) is 14.6. The van der Waals surface area contributed by atoms with E-state index in [1.54, 1.807) is 7.11 Å². The number of H-pyrrole nitrogens is 1. The van der Waals surface area contributed by atoms with Crippen molar-refractivity contribution in [3.63, 3.8) is 0 Å². The van der Waals surface area contributed by atoms with Gasteiger partial charge in [0, 0.05) is 31.5 Å². The number of aromatic nitrogens is 2. The number of aryl methyl sites for hydroxylation is 1. The number of amides is 1. The van der Waals surface area contributed by atoms with Crippen LogP contribution in [0.25, 0.3) is 0 Å². The zero-order valence-corrected chi connectivity index (χ0v) is 14.3. The van der Waals surface area contributed by atoms with Crippen molar-refractivity contribution in [2.45, 2.75) is 26.3 Å². The van der Waals surface area contributed by atoms with E-state index < -0.39 is 0 Å². The summed E-state index contributed by atoms with van der Waals surface area (Å²) in [6, 6.07) is 7.83. The number of benzene rings is 1. The Bertz CT molecular complexity index is 709. The standard InChI is InChI=1S/C18H23N3O3/c1-4-24-14-8-6-13(7-9-14)17-15-12(2)19-20-16(15)18(22)21(17)10-5-11-23-3/h6-9,17H,4-5,10-11H2,1-3H3,(H,19,20). The number of nitrogens with zero attached hydrogens (tertiary/aromatic N) is 2.